The van der Waals surface area contributed by atoms with Crippen molar-refractivity contribution in [1.82, 2.24) is 10.1 Å². The summed E-state index contributed by atoms with van der Waals surface area (Å²) >= 11 is 0. The third-order valence-corrected chi connectivity index (χ3v) is 4.32. The number of nitrogens with zero attached hydrogens (tertiary/aromatic N) is 2. The molecule has 0 saturated heterocycles. The monoisotopic (exact) mass is 286 g/mol. The van der Waals surface area contributed by atoms with Gasteiger partial charge in [0.25, 0.3) is 0 Å². The predicted octanol–water partition coefficient (Wildman–Crippen LogP) is 2.68. The Labute approximate surface area is 123 Å². The fourth-order valence-electron chi connectivity index (χ4n) is 2.96. The van der Waals surface area contributed by atoms with Gasteiger partial charge in [-0.15, -0.1) is 0 Å². The number of benzene rings is 1. The van der Waals surface area contributed by atoms with Crippen LogP contribution in [0.15, 0.2) is 34.9 Å². The van der Waals surface area contributed by atoms with E-state index < -0.39 is 11.9 Å². The number of aliphatic carboxylic acids is 1. The maximum absolute atomic E-state index is 11.2. The number of aromatic nitrogens is 2. The number of carbonyl (C=O) groups is 1. The maximum atomic E-state index is 11.2. The van der Waals surface area contributed by atoms with Gasteiger partial charge < -0.3 is 9.63 Å². The summed E-state index contributed by atoms with van der Waals surface area (Å²) in [5, 5.41) is 13.2. The van der Waals surface area contributed by atoms with Gasteiger partial charge in [-0.2, -0.15) is 4.98 Å². The van der Waals surface area contributed by atoms with Gasteiger partial charge in [-0.3, -0.25) is 4.79 Å². The molecule has 0 spiro atoms. The normalized spacial score (nSPS) is 23.0. The molecule has 21 heavy (non-hydrogen) atoms. The molecule has 2 atom stereocenters. The van der Waals surface area contributed by atoms with E-state index in [1.807, 2.05) is 32.0 Å². The van der Waals surface area contributed by atoms with Crippen LogP contribution in [0, 0.1) is 11.3 Å². The zero-order valence-electron chi connectivity index (χ0n) is 12.1. The minimum Gasteiger partial charge on any atom is -0.481 e. The molecule has 110 valence electrons. The molecule has 0 bridgehead atoms. The van der Waals surface area contributed by atoms with Crippen molar-refractivity contribution in [3.05, 3.63) is 47.6 Å². The molecule has 1 heterocycles. The first-order valence-electron chi connectivity index (χ1n) is 7.09. The van der Waals surface area contributed by atoms with Crippen molar-refractivity contribution in [3.8, 4) is 0 Å². The van der Waals surface area contributed by atoms with Crippen LogP contribution in [0.3, 0.4) is 0 Å². The topological polar surface area (TPSA) is 76.2 Å². The highest BCUT2D eigenvalue weighted by atomic mass is 16.5. The van der Waals surface area contributed by atoms with E-state index in [1.165, 1.54) is 5.56 Å². The maximum Gasteiger partial charge on any atom is 0.307 e. The van der Waals surface area contributed by atoms with Crippen molar-refractivity contribution >= 4 is 5.97 Å². The fourth-order valence-corrected chi connectivity index (χ4v) is 2.96. The summed E-state index contributed by atoms with van der Waals surface area (Å²) < 4.78 is 5.27. The first-order valence-corrected chi connectivity index (χ1v) is 7.09. The van der Waals surface area contributed by atoms with Gasteiger partial charge in [-0.05, 0) is 17.4 Å². The molecule has 2 aromatic rings. The van der Waals surface area contributed by atoms with Gasteiger partial charge in [0.2, 0.25) is 5.89 Å². The lowest BCUT2D eigenvalue weighted by atomic mass is 10.1. The van der Waals surface area contributed by atoms with E-state index >= 15 is 0 Å². The summed E-state index contributed by atoms with van der Waals surface area (Å²) in [6, 6.07) is 10.1. The molecule has 1 aromatic heterocycles. The Bertz CT molecular complexity index is 649. The average molecular weight is 286 g/mol. The summed E-state index contributed by atoms with van der Waals surface area (Å²) in [6.07, 6.45) is 1.54. The van der Waals surface area contributed by atoms with Crippen molar-refractivity contribution < 1.29 is 14.4 Å². The van der Waals surface area contributed by atoms with Crippen molar-refractivity contribution in [3.63, 3.8) is 0 Å². The Morgan fingerprint density at radius 3 is 2.62 bits per heavy atom. The lowest BCUT2D eigenvalue weighted by molar-refractivity contribution is -0.139. The van der Waals surface area contributed by atoms with E-state index in [9.17, 15) is 9.90 Å². The summed E-state index contributed by atoms with van der Waals surface area (Å²) in [4.78, 5) is 15.6. The second-order valence-electron chi connectivity index (χ2n) is 6.15. The smallest absolute Gasteiger partial charge is 0.307 e. The van der Waals surface area contributed by atoms with Gasteiger partial charge in [-0.25, -0.2) is 0 Å². The van der Waals surface area contributed by atoms with Crippen molar-refractivity contribution in [2.24, 2.45) is 11.3 Å². The van der Waals surface area contributed by atoms with E-state index in [0.29, 0.717) is 18.1 Å². The van der Waals surface area contributed by atoms with E-state index in [4.69, 9.17) is 4.52 Å². The molecule has 0 aliphatic heterocycles. The third kappa shape index (κ3) is 2.55. The summed E-state index contributed by atoms with van der Waals surface area (Å²) in [5.74, 6) is -0.307. The zero-order chi connectivity index (χ0) is 15.0. The van der Waals surface area contributed by atoms with Gasteiger partial charge in [-0.1, -0.05) is 49.3 Å². The van der Waals surface area contributed by atoms with Gasteiger partial charge in [0.1, 0.15) is 0 Å². The molecule has 3 rings (SSSR count). The van der Waals surface area contributed by atoms with Crippen LogP contribution in [0.5, 0.6) is 0 Å². The minimum absolute atomic E-state index is 0.173. The summed E-state index contributed by atoms with van der Waals surface area (Å²) in [5.41, 5.74) is 0.911. The summed E-state index contributed by atoms with van der Waals surface area (Å²) in [7, 11) is 0. The Morgan fingerprint density at radius 1 is 1.29 bits per heavy atom. The quantitative estimate of drug-likeness (QED) is 0.914. The van der Waals surface area contributed by atoms with Crippen LogP contribution in [0.1, 0.15) is 37.0 Å². The molecule has 1 aromatic carbocycles. The van der Waals surface area contributed by atoms with Crippen LogP contribution in [-0.2, 0) is 17.6 Å². The van der Waals surface area contributed by atoms with Crippen molar-refractivity contribution in [1.29, 1.82) is 0 Å². The van der Waals surface area contributed by atoms with Crippen molar-refractivity contribution in [2.75, 3.05) is 0 Å². The molecule has 5 nitrogen and oxygen atoms in total. The van der Waals surface area contributed by atoms with Crippen molar-refractivity contribution in [2.45, 2.75) is 32.6 Å². The average Bonchev–Trinajstić information content (AvgIpc) is 2.83. The van der Waals surface area contributed by atoms with Gasteiger partial charge >= 0.3 is 5.97 Å². The Hall–Kier alpha value is -2.17. The number of carboxylic acid groups (broad SMARTS) is 1. The molecule has 5 heteroatoms. The number of carboxylic acids is 1. The molecule has 0 radical (unpaired) electrons. The second-order valence-corrected chi connectivity index (χ2v) is 6.15. The number of hydrogen-bond acceptors (Lipinski definition) is 4. The number of rotatable bonds is 5. The highest BCUT2D eigenvalue weighted by molar-refractivity contribution is 5.77. The summed E-state index contributed by atoms with van der Waals surface area (Å²) in [6.45, 7) is 3.84. The van der Waals surface area contributed by atoms with E-state index in [2.05, 4.69) is 22.3 Å². The van der Waals surface area contributed by atoms with E-state index in [0.717, 1.165) is 6.42 Å². The molecule has 1 saturated carbocycles. The lowest BCUT2D eigenvalue weighted by Crippen LogP contribution is -2.03. The molecule has 1 N–H and O–H groups in total. The van der Waals surface area contributed by atoms with E-state index in [1.54, 1.807) is 0 Å². The highest BCUT2D eigenvalue weighted by Gasteiger charge is 2.65. The molecule has 1 aliphatic rings. The van der Waals surface area contributed by atoms with E-state index in [-0.39, 0.29) is 11.3 Å². The lowest BCUT2D eigenvalue weighted by Gasteiger charge is -1.97. The number of aryl methyl sites for hydroxylation is 2. The molecule has 1 fully saturated rings. The number of hydrogen-bond donors (Lipinski definition) is 1. The van der Waals surface area contributed by atoms with Crippen LogP contribution in [0.2, 0.25) is 0 Å². The first kappa shape index (κ1) is 13.8. The second kappa shape index (κ2) is 4.98. The van der Waals surface area contributed by atoms with Crippen LogP contribution < -0.4 is 0 Å². The van der Waals surface area contributed by atoms with Gasteiger partial charge in [0.05, 0.1) is 11.8 Å². The molecular weight excluding hydrogens is 268 g/mol. The molecule has 2 unspecified atom stereocenters. The predicted molar refractivity (Wildman–Crippen MR) is 75.8 cm³/mol. The molecule has 1 aliphatic carbocycles. The fraction of sp³-hybridized carbons (Fsp3) is 0.438. The SMILES string of the molecule is CC1(C)C(C(=O)O)C1c1nc(CCc2ccccc2)no1. The Kier molecular flexibility index (Phi) is 3.27. The highest BCUT2D eigenvalue weighted by Crippen LogP contribution is 2.63. The molecular formula is C16H18N2O3. The standard InChI is InChI=1S/C16H18N2O3/c1-16(2)12(13(16)15(19)20)14-17-11(18-21-14)9-8-10-6-4-3-5-7-10/h3-7,12-13H,8-9H2,1-2H3,(H,19,20). The Morgan fingerprint density at radius 2 is 2.00 bits per heavy atom. The minimum atomic E-state index is -0.797. The first-order chi connectivity index (χ1) is 10.00. The third-order valence-electron chi connectivity index (χ3n) is 4.32. The van der Waals surface area contributed by atoms with Crippen LogP contribution >= 0.6 is 0 Å². The van der Waals surface area contributed by atoms with Crippen LogP contribution in [0.4, 0.5) is 0 Å². The Balaban J connectivity index is 1.66. The zero-order valence-corrected chi connectivity index (χ0v) is 12.1. The van der Waals surface area contributed by atoms with Gasteiger partial charge in [0, 0.05) is 6.42 Å². The molecule has 0 amide bonds. The van der Waals surface area contributed by atoms with Crippen LogP contribution in [0.25, 0.3) is 0 Å². The van der Waals surface area contributed by atoms with Gasteiger partial charge in [0.15, 0.2) is 5.82 Å². The van der Waals surface area contributed by atoms with Crippen LogP contribution in [-0.4, -0.2) is 21.2 Å². The largest absolute Gasteiger partial charge is 0.481 e.